The zero-order valence-corrected chi connectivity index (χ0v) is 13.1. The van der Waals surface area contributed by atoms with Gasteiger partial charge in [-0.05, 0) is 67.2 Å². The van der Waals surface area contributed by atoms with Crippen LogP contribution in [0.2, 0.25) is 0 Å². The third kappa shape index (κ3) is 1.97. The molecule has 2 aliphatic rings. The van der Waals surface area contributed by atoms with Crippen LogP contribution in [0.3, 0.4) is 0 Å². The fourth-order valence-corrected chi connectivity index (χ4v) is 4.96. The Kier molecular flexibility index (Phi) is 3.27. The fourth-order valence-electron chi connectivity index (χ4n) is 4.96. The molecule has 0 radical (unpaired) electrons. The van der Waals surface area contributed by atoms with Crippen LogP contribution < -0.4 is 0 Å². The molecule has 0 aliphatic heterocycles. The van der Waals surface area contributed by atoms with Gasteiger partial charge < -0.3 is 9.84 Å². The van der Waals surface area contributed by atoms with Crippen molar-refractivity contribution < 1.29 is 14.6 Å². The molecule has 1 aromatic rings. The maximum Gasteiger partial charge on any atom is 0.311 e. The number of ether oxygens (including phenoxy) is 1. The first-order valence-electron chi connectivity index (χ1n) is 7.82. The lowest BCUT2D eigenvalue weighted by Crippen LogP contribution is -2.52. The van der Waals surface area contributed by atoms with E-state index in [0.29, 0.717) is 11.7 Å². The van der Waals surface area contributed by atoms with Crippen molar-refractivity contribution in [2.24, 2.45) is 11.3 Å². The Morgan fingerprint density at radius 1 is 1.33 bits per heavy atom. The second-order valence-electron chi connectivity index (χ2n) is 7.11. The molecule has 3 rings (SSSR count). The number of methoxy groups -OCH3 is 1. The highest BCUT2D eigenvalue weighted by atomic mass is 16.5. The van der Waals surface area contributed by atoms with Gasteiger partial charge in [-0.1, -0.05) is 19.4 Å². The molecule has 3 atom stereocenters. The minimum atomic E-state index is -0.392. The van der Waals surface area contributed by atoms with Crippen LogP contribution in [0.15, 0.2) is 18.2 Å². The molecular formula is C18H24O3. The predicted molar refractivity (Wildman–Crippen MR) is 81.2 cm³/mol. The number of hydrogen-bond acceptors (Lipinski definition) is 3. The summed E-state index contributed by atoms with van der Waals surface area (Å²) in [4.78, 5) is 12.4. The van der Waals surface area contributed by atoms with E-state index in [1.165, 1.54) is 18.2 Å². The number of carbonyl (C=O) groups is 1. The molecule has 1 fully saturated rings. The summed E-state index contributed by atoms with van der Waals surface area (Å²) in [6.07, 6.45) is 4.96. The van der Waals surface area contributed by atoms with E-state index in [1.807, 2.05) is 6.07 Å². The van der Waals surface area contributed by atoms with E-state index < -0.39 is 5.41 Å². The van der Waals surface area contributed by atoms with Crippen LogP contribution in [0.1, 0.15) is 50.7 Å². The van der Waals surface area contributed by atoms with Crippen molar-refractivity contribution in [1.29, 1.82) is 0 Å². The van der Waals surface area contributed by atoms with E-state index in [2.05, 4.69) is 19.9 Å². The molecule has 0 amide bonds. The molecule has 1 saturated carbocycles. The van der Waals surface area contributed by atoms with Gasteiger partial charge in [0.1, 0.15) is 5.75 Å². The molecule has 21 heavy (non-hydrogen) atoms. The average molecular weight is 288 g/mol. The van der Waals surface area contributed by atoms with Crippen LogP contribution in [0.4, 0.5) is 0 Å². The van der Waals surface area contributed by atoms with E-state index >= 15 is 0 Å². The van der Waals surface area contributed by atoms with Crippen molar-refractivity contribution >= 4 is 5.97 Å². The molecule has 1 N–H and O–H groups in total. The van der Waals surface area contributed by atoms with Crippen LogP contribution in [0, 0.1) is 11.3 Å². The molecular weight excluding hydrogens is 264 g/mol. The maximum absolute atomic E-state index is 12.4. The smallest absolute Gasteiger partial charge is 0.311 e. The number of benzene rings is 1. The molecule has 0 bridgehead atoms. The molecule has 2 aliphatic carbocycles. The molecule has 1 aromatic carbocycles. The largest absolute Gasteiger partial charge is 0.508 e. The van der Waals surface area contributed by atoms with Gasteiger partial charge in [0.2, 0.25) is 0 Å². The second kappa shape index (κ2) is 4.75. The van der Waals surface area contributed by atoms with Gasteiger partial charge in [0.15, 0.2) is 0 Å². The van der Waals surface area contributed by atoms with Crippen LogP contribution in [0.5, 0.6) is 5.75 Å². The zero-order valence-electron chi connectivity index (χ0n) is 13.1. The topological polar surface area (TPSA) is 46.5 Å². The Balaban J connectivity index is 2.09. The normalized spacial score (nSPS) is 34.7. The number of fused-ring (bicyclic) bond motifs is 3. The van der Waals surface area contributed by atoms with E-state index in [1.54, 1.807) is 6.07 Å². The number of phenols is 1. The highest BCUT2D eigenvalue weighted by Gasteiger charge is 2.55. The van der Waals surface area contributed by atoms with Gasteiger partial charge in [0.25, 0.3) is 0 Å². The Bertz CT molecular complexity index is 580. The third-order valence-corrected chi connectivity index (χ3v) is 5.99. The van der Waals surface area contributed by atoms with Gasteiger partial charge in [-0.2, -0.15) is 0 Å². The van der Waals surface area contributed by atoms with E-state index in [0.717, 1.165) is 32.1 Å². The minimum absolute atomic E-state index is 0.00245. The minimum Gasteiger partial charge on any atom is -0.508 e. The lowest BCUT2D eigenvalue weighted by atomic mass is 9.50. The quantitative estimate of drug-likeness (QED) is 0.803. The fraction of sp³-hybridized carbons (Fsp3) is 0.611. The van der Waals surface area contributed by atoms with Gasteiger partial charge in [0, 0.05) is 0 Å². The highest BCUT2D eigenvalue weighted by molar-refractivity contribution is 5.77. The Labute approximate surface area is 126 Å². The SMILES string of the molecule is COC(=O)[C@@]1(C)CCC[C@]2(C)c3ccc(O)cc3CC[C@@H]12. The molecule has 0 spiro atoms. The van der Waals surface area contributed by atoms with Gasteiger partial charge in [0.05, 0.1) is 12.5 Å². The average Bonchev–Trinajstić information content (AvgIpc) is 2.45. The number of hydrogen-bond donors (Lipinski definition) is 1. The Hall–Kier alpha value is -1.51. The highest BCUT2D eigenvalue weighted by Crippen LogP contribution is 2.57. The predicted octanol–water partition coefficient (Wildman–Crippen LogP) is 3.58. The Morgan fingerprint density at radius 3 is 2.81 bits per heavy atom. The summed E-state index contributed by atoms with van der Waals surface area (Å²) in [6.45, 7) is 4.36. The summed E-state index contributed by atoms with van der Waals surface area (Å²) < 4.78 is 5.11. The molecule has 114 valence electrons. The van der Waals surface area contributed by atoms with Crippen molar-refractivity contribution in [2.45, 2.75) is 51.4 Å². The first-order valence-corrected chi connectivity index (χ1v) is 7.82. The summed E-state index contributed by atoms with van der Waals surface area (Å²) in [5.74, 6) is 0.575. The number of rotatable bonds is 1. The molecule has 3 nitrogen and oxygen atoms in total. The van der Waals surface area contributed by atoms with Gasteiger partial charge >= 0.3 is 5.97 Å². The van der Waals surface area contributed by atoms with Gasteiger partial charge in [-0.25, -0.2) is 0 Å². The van der Waals surface area contributed by atoms with Gasteiger partial charge in [-0.3, -0.25) is 4.79 Å². The molecule has 0 heterocycles. The van der Waals surface area contributed by atoms with Gasteiger partial charge in [-0.15, -0.1) is 0 Å². The van der Waals surface area contributed by atoms with Crippen LogP contribution >= 0.6 is 0 Å². The maximum atomic E-state index is 12.4. The van der Waals surface area contributed by atoms with E-state index in [-0.39, 0.29) is 11.4 Å². The Morgan fingerprint density at radius 2 is 2.10 bits per heavy atom. The van der Waals surface area contributed by atoms with Crippen molar-refractivity contribution in [1.82, 2.24) is 0 Å². The first kappa shape index (κ1) is 14.4. The van der Waals surface area contributed by atoms with E-state index in [9.17, 15) is 9.90 Å². The summed E-state index contributed by atoms with van der Waals surface area (Å²) in [6, 6.07) is 5.72. The lowest BCUT2D eigenvalue weighted by Gasteiger charge is -2.54. The van der Waals surface area contributed by atoms with Crippen LogP contribution in [-0.2, 0) is 21.4 Å². The zero-order chi connectivity index (χ0) is 15.3. The second-order valence-corrected chi connectivity index (χ2v) is 7.11. The van der Waals surface area contributed by atoms with Crippen molar-refractivity contribution in [2.75, 3.05) is 7.11 Å². The standard InChI is InChI=1S/C18H24O3/c1-17-9-4-10-18(2,16(20)21-3)15(17)8-5-12-11-13(19)6-7-14(12)17/h6-7,11,15,19H,4-5,8-10H2,1-3H3/t15-,17-,18+/m1/s1. The number of phenolic OH excluding ortho intramolecular Hbond substituents is 1. The summed E-state index contributed by atoms with van der Waals surface area (Å²) >= 11 is 0. The van der Waals surface area contributed by atoms with Crippen molar-refractivity contribution in [3.05, 3.63) is 29.3 Å². The number of aryl methyl sites for hydroxylation is 1. The summed E-state index contributed by atoms with van der Waals surface area (Å²) in [5, 5.41) is 9.72. The number of esters is 1. The first-order chi connectivity index (χ1) is 9.91. The van der Waals surface area contributed by atoms with Crippen LogP contribution in [0.25, 0.3) is 0 Å². The lowest BCUT2D eigenvalue weighted by molar-refractivity contribution is -0.161. The number of aromatic hydroxyl groups is 1. The third-order valence-electron chi connectivity index (χ3n) is 5.99. The van der Waals surface area contributed by atoms with Crippen LogP contribution in [-0.4, -0.2) is 18.2 Å². The van der Waals surface area contributed by atoms with Crippen molar-refractivity contribution in [3.8, 4) is 5.75 Å². The number of carbonyl (C=O) groups excluding carboxylic acids is 1. The van der Waals surface area contributed by atoms with E-state index in [4.69, 9.17) is 4.74 Å². The molecule has 3 heteroatoms. The summed E-state index contributed by atoms with van der Waals surface area (Å²) in [7, 11) is 1.49. The molecule has 0 unspecified atom stereocenters. The molecule has 0 aromatic heterocycles. The van der Waals surface area contributed by atoms with Crippen molar-refractivity contribution in [3.63, 3.8) is 0 Å². The molecule has 0 saturated heterocycles. The summed E-state index contributed by atoms with van der Waals surface area (Å²) in [5.41, 5.74) is 2.16. The monoisotopic (exact) mass is 288 g/mol.